The van der Waals surface area contributed by atoms with E-state index in [-0.39, 0.29) is 47.6 Å². The molecule has 226 valence electrons. The minimum absolute atomic E-state index is 0.0489. The Morgan fingerprint density at radius 3 is 2.56 bits per heavy atom. The van der Waals surface area contributed by atoms with Crippen LogP contribution in [-0.2, 0) is 17.8 Å². The molecule has 3 aromatic heterocycles. The van der Waals surface area contributed by atoms with Crippen molar-refractivity contribution in [3.63, 3.8) is 0 Å². The quantitative estimate of drug-likeness (QED) is 0.303. The van der Waals surface area contributed by atoms with E-state index >= 15 is 0 Å². The van der Waals surface area contributed by atoms with E-state index in [2.05, 4.69) is 30.9 Å². The number of aromatic nitrogens is 3. The van der Waals surface area contributed by atoms with Crippen molar-refractivity contribution in [1.29, 1.82) is 0 Å². The van der Waals surface area contributed by atoms with Gasteiger partial charge in [0, 0.05) is 29.9 Å². The van der Waals surface area contributed by atoms with Gasteiger partial charge in [-0.1, -0.05) is 44.2 Å². The van der Waals surface area contributed by atoms with E-state index in [1.807, 2.05) is 54.5 Å². The molecule has 11 nitrogen and oxygen atoms in total. The monoisotopic (exact) mass is 621 g/mol. The summed E-state index contributed by atoms with van der Waals surface area (Å²) in [7, 11) is 0. The number of nitrogens with zero attached hydrogens (tertiary/aromatic N) is 4. The molecular formula is C30H35N7O4S2. The molecule has 0 spiro atoms. The molecule has 0 radical (unpaired) electrons. The van der Waals surface area contributed by atoms with Gasteiger partial charge in [0.05, 0.1) is 23.8 Å². The first-order chi connectivity index (χ1) is 20.7. The van der Waals surface area contributed by atoms with Gasteiger partial charge in [-0.25, -0.2) is 15.0 Å². The molecule has 4 bridgehead atoms. The SMILES string of the molecule is Cc1oc2nc1C(=O)N[C@H](C)c1nc(cs1)C(=O)N[C@H](Cc1ccccc1)CN(Cc1cscn1)CC(=O)N[C@H]2C(C)C. The van der Waals surface area contributed by atoms with Crippen molar-refractivity contribution >= 4 is 40.4 Å². The van der Waals surface area contributed by atoms with Gasteiger partial charge in [-0.15, -0.1) is 22.7 Å². The summed E-state index contributed by atoms with van der Waals surface area (Å²) < 4.78 is 5.92. The molecule has 1 aliphatic rings. The molecule has 1 aromatic carbocycles. The molecule has 0 fully saturated rings. The summed E-state index contributed by atoms with van der Waals surface area (Å²) in [5.41, 5.74) is 4.06. The number of hydrogen-bond donors (Lipinski definition) is 3. The Morgan fingerprint density at radius 2 is 1.84 bits per heavy atom. The van der Waals surface area contributed by atoms with E-state index in [0.717, 1.165) is 11.3 Å². The molecule has 1 aliphatic heterocycles. The average molecular weight is 622 g/mol. The van der Waals surface area contributed by atoms with Gasteiger partial charge in [0.15, 0.2) is 5.69 Å². The van der Waals surface area contributed by atoms with Gasteiger partial charge >= 0.3 is 0 Å². The highest BCUT2D eigenvalue weighted by atomic mass is 32.1. The summed E-state index contributed by atoms with van der Waals surface area (Å²) in [4.78, 5) is 55.6. The molecule has 4 heterocycles. The van der Waals surface area contributed by atoms with Crippen LogP contribution in [0, 0.1) is 12.8 Å². The molecular weight excluding hydrogens is 587 g/mol. The van der Waals surface area contributed by atoms with Crippen molar-refractivity contribution in [1.82, 2.24) is 35.8 Å². The van der Waals surface area contributed by atoms with Gasteiger partial charge in [0.25, 0.3) is 11.8 Å². The Hall–Kier alpha value is -3.94. The Bertz CT molecular complexity index is 1550. The summed E-state index contributed by atoms with van der Waals surface area (Å²) >= 11 is 2.79. The first-order valence-electron chi connectivity index (χ1n) is 14.1. The summed E-state index contributed by atoms with van der Waals surface area (Å²) in [5.74, 6) is -0.415. The van der Waals surface area contributed by atoms with Gasteiger partial charge < -0.3 is 20.4 Å². The van der Waals surface area contributed by atoms with Gasteiger partial charge in [-0.2, -0.15) is 0 Å². The zero-order valence-corrected chi connectivity index (χ0v) is 26.1. The number of hydrogen-bond acceptors (Lipinski definition) is 10. The van der Waals surface area contributed by atoms with Crippen molar-refractivity contribution < 1.29 is 18.8 Å². The maximum absolute atomic E-state index is 13.5. The molecule has 3 amide bonds. The Labute approximate surface area is 258 Å². The minimum Gasteiger partial charge on any atom is -0.443 e. The number of amides is 3. The van der Waals surface area contributed by atoms with E-state index in [0.29, 0.717) is 30.3 Å². The second-order valence-electron chi connectivity index (χ2n) is 11.0. The number of oxazole rings is 1. The summed E-state index contributed by atoms with van der Waals surface area (Å²) in [6.45, 7) is 8.25. The maximum Gasteiger partial charge on any atom is 0.274 e. The average Bonchev–Trinajstić information content (AvgIpc) is 3.73. The van der Waals surface area contributed by atoms with Crippen molar-refractivity contribution in [2.24, 2.45) is 5.92 Å². The predicted octanol–water partition coefficient (Wildman–Crippen LogP) is 4.06. The Balaban J connectivity index is 1.50. The summed E-state index contributed by atoms with van der Waals surface area (Å²) in [5, 5.41) is 13.4. The Kier molecular flexibility index (Phi) is 9.63. The van der Waals surface area contributed by atoms with Crippen LogP contribution in [0.3, 0.4) is 0 Å². The van der Waals surface area contributed by atoms with E-state index in [1.165, 1.54) is 22.7 Å². The molecule has 5 rings (SSSR count). The van der Waals surface area contributed by atoms with E-state index < -0.39 is 18.0 Å². The van der Waals surface area contributed by atoms with Crippen molar-refractivity contribution in [2.45, 2.75) is 58.8 Å². The van der Waals surface area contributed by atoms with Gasteiger partial charge in [0.1, 0.15) is 22.5 Å². The second-order valence-corrected chi connectivity index (χ2v) is 12.6. The first kappa shape index (κ1) is 30.5. The molecule has 13 heteroatoms. The minimum atomic E-state index is -0.550. The van der Waals surface area contributed by atoms with E-state index in [4.69, 9.17) is 4.42 Å². The topological polar surface area (TPSA) is 142 Å². The highest BCUT2D eigenvalue weighted by molar-refractivity contribution is 7.10. The van der Waals surface area contributed by atoms with Crippen LogP contribution in [0.25, 0.3) is 0 Å². The van der Waals surface area contributed by atoms with Gasteiger partial charge in [-0.05, 0) is 31.7 Å². The van der Waals surface area contributed by atoms with Crippen molar-refractivity contribution in [2.75, 3.05) is 13.1 Å². The van der Waals surface area contributed by atoms with Crippen molar-refractivity contribution in [3.8, 4) is 0 Å². The zero-order valence-electron chi connectivity index (χ0n) is 24.5. The van der Waals surface area contributed by atoms with Gasteiger partial charge in [-0.3, -0.25) is 19.3 Å². The molecule has 3 N–H and O–H groups in total. The predicted molar refractivity (Wildman–Crippen MR) is 164 cm³/mol. The highest BCUT2D eigenvalue weighted by Gasteiger charge is 2.29. The standard InChI is InChI=1S/C30H35N7O4S2/c1-17(2)25-29-36-26(19(4)41-29)28(40)32-18(3)30-34-23(15-43-30)27(39)33-21(10-20-8-6-5-7-9-20)11-37(13-24(38)35-25)12-22-14-42-16-31-22/h5-9,14-18,21,25H,10-13H2,1-4H3,(H,32,40)(H,33,39)(H,35,38)/t18-,21-,25+/m1/s1. The van der Waals surface area contributed by atoms with Crippen LogP contribution in [0.5, 0.6) is 0 Å². The lowest BCUT2D eigenvalue weighted by atomic mass is 10.0. The third-order valence-electron chi connectivity index (χ3n) is 7.13. The fourth-order valence-corrected chi connectivity index (χ4v) is 6.33. The van der Waals surface area contributed by atoms with Gasteiger partial charge in [0.2, 0.25) is 11.8 Å². The molecule has 0 saturated heterocycles. The lowest BCUT2D eigenvalue weighted by Gasteiger charge is -2.28. The van der Waals surface area contributed by atoms with Crippen molar-refractivity contribution in [3.05, 3.63) is 85.9 Å². The summed E-state index contributed by atoms with van der Waals surface area (Å²) in [6, 6.07) is 8.55. The highest BCUT2D eigenvalue weighted by Crippen LogP contribution is 2.25. The lowest BCUT2D eigenvalue weighted by Crippen LogP contribution is -2.48. The van der Waals surface area contributed by atoms with Crippen LogP contribution in [0.1, 0.15) is 81.7 Å². The van der Waals surface area contributed by atoms with Crippen LogP contribution in [0.4, 0.5) is 0 Å². The van der Waals surface area contributed by atoms with E-state index in [9.17, 15) is 14.4 Å². The molecule has 3 atom stereocenters. The maximum atomic E-state index is 13.5. The number of thiazole rings is 2. The second kappa shape index (κ2) is 13.6. The number of nitrogens with one attached hydrogen (secondary N) is 3. The van der Waals surface area contributed by atoms with Crippen LogP contribution in [0.2, 0.25) is 0 Å². The number of rotatable bonds is 5. The Morgan fingerprint density at radius 1 is 1.05 bits per heavy atom. The van der Waals surface area contributed by atoms with Crippen LogP contribution in [0.15, 0.2) is 51.0 Å². The largest absolute Gasteiger partial charge is 0.443 e. The van der Waals surface area contributed by atoms with Crippen LogP contribution < -0.4 is 16.0 Å². The molecule has 0 aliphatic carbocycles. The number of carbonyl (C=O) groups is 3. The molecule has 4 aromatic rings. The number of benzene rings is 1. The summed E-state index contributed by atoms with van der Waals surface area (Å²) in [6.07, 6.45) is 0.554. The third kappa shape index (κ3) is 7.72. The molecule has 43 heavy (non-hydrogen) atoms. The third-order valence-corrected chi connectivity index (χ3v) is 8.79. The van der Waals surface area contributed by atoms with E-state index in [1.54, 1.807) is 24.7 Å². The molecule has 0 unspecified atom stereocenters. The zero-order chi connectivity index (χ0) is 30.5. The fraction of sp³-hybridized carbons (Fsp3) is 0.400. The number of carbonyl (C=O) groups excluding carboxylic acids is 3. The lowest BCUT2D eigenvalue weighted by molar-refractivity contribution is -0.123. The smallest absolute Gasteiger partial charge is 0.274 e. The number of aryl methyl sites for hydroxylation is 1. The fourth-order valence-electron chi connectivity index (χ4n) is 4.97. The van der Waals surface area contributed by atoms with Crippen LogP contribution >= 0.6 is 22.7 Å². The normalized spacial score (nSPS) is 20.7. The first-order valence-corrected chi connectivity index (χ1v) is 16.0. The molecule has 0 saturated carbocycles. The number of fused-ring (bicyclic) bond motifs is 4. The van der Waals surface area contributed by atoms with Crippen LogP contribution in [-0.4, -0.2) is 56.7 Å².